The van der Waals surface area contributed by atoms with E-state index in [-0.39, 0.29) is 40.7 Å². The van der Waals surface area contributed by atoms with E-state index in [9.17, 15) is 14.4 Å². The molecule has 0 atom stereocenters. The van der Waals surface area contributed by atoms with Crippen molar-refractivity contribution in [1.82, 2.24) is 0 Å². The zero-order valence-electron chi connectivity index (χ0n) is 18.1. The average molecular weight is 445 g/mol. The molecule has 0 aliphatic carbocycles. The molecule has 4 rings (SSSR count). The maximum Gasteiger partial charge on any atom is 0.340 e. The van der Waals surface area contributed by atoms with Crippen LogP contribution in [-0.2, 0) is 9.47 Å². The van der Waals surface area contributed by atoms with Crippen LogP contribution in [0.1, 0.15) is 36.6 Å². The highest BCUT2D eigenvalue weighted by molar-refractivity contribution is 6.37. The van der Waals surface area contributed by atoms with Gasteiger partial charge in [-0.2, -0.15) is 0 Å². The maximum atomic E-state index is 13.6. The largest absolute Gasteiger partial charge is 0.494 e. The van der Waals surface area contributed by atoms with Gasteiger partial charge in [0.25, 0.3) is 11.8 Å². The maximum absolute atomic E-state index is 13.6. The molecule has 33 heavy (non-hydrogen) atoms. The second-order valence-electron chi connectivity index (χ2n) is 7.05. The lowest BCUT2D eigenvalue weighted by molar-refractivity contribution is -0.0123. The number of hydrogen-bond donors (Lipinski definition) is 0. The molecule has 1 aliphatic heterocycles. The molecule has 1 heterocycles. The third-order valence-corrected chi connectivity index (χ3v) is 5.31. The number of amides is 2. The summed E-state index contributed by atoms with van der Waals surface area (Å²) < 4.78 is 20.7. The van der Waals surface area contributed by atoms with E-state index < -0.39 is 17.8 Å². The smallest absolute Gasteiger partial charge is 0.340 e. The number of esters is 1. The molecular formula is C25H19NO7. The molecule has 0 saturated carbocycles. The number of methoxy groups -OCH3 is 3. The van der Waals surface area contributed by atoms with Crippen molar-refractivity contribution in [3.63, 3.8) is 0 Å². The first-order valence-electron chi connectivity index (χ1n) is 9.80. The first-order chi connectivity index (χ1) is 16.0. The van der Waals surface area contributed by atoms with Crippen LogP contribution in [0, 0.1) is 12.3 Å². The Morgan fingerprint density at radius 1 is 0.970 bits per heavy atom. The van der Waals surface area contributed by atoms with E-state index in [1.165, 1.54) is 33.5 Å². The molecule has 0 bridgehead atoms. The van der Waals surface area contributed by atoms with E-state index in [1.54, 1.807) is 30.3 Å². The summed E-state index contributed by atoms with van der Waals surface area (Å²) in [6, 6.07) is 11.0. The Morgan fingerprint density at radius 2 is 1.61 bits per heavy atom. The number of nitrogens with zero attached hydrogens (tertiary/aromatic N) is 1. The Bertz CT molecular complexity index is 1310. The van der Waals surface area contributed by atoms with Gasteiger partial charge in [0.15, 0.2) is 6.79 Å². The number of ether oxygens (including phenoxy) is 4. The van der Waals surface area contributed by atoms with Gasteiger partial charge in [0.1, 0.15) is 17.2 Å². The van der Waals surface area contributed by atoms with Crippen molar-refractivity contribution in [2.24, 2.45) is 0 Å². The standard InChI is InChI=1S/C25H19NO7/c1-5-14-11-19(31-3)22(20(12-14)32-4)26-23(27)17-8-6-7-15-16(25(29)33-13-30-2)9-10-18(21(15)17)24(26)28/h1,6-12H,13H2,2-4H3. The third kappa shape index (κ3) is 3.45. The Labute approximate surface area is 189 Å². The summed E-state index contributed by atoms with van der Waals surface area (Å²) in [5, 5.41) is 0.794. The predicted octanol–water partition coefficient (Wildman–Crippen LogP) is 3.40. The molecule has 0 unspecified atom stereocenters. The quantitative estimate of drug-likeness (QED) is 0.249. The number of hydrogen-bond acceptors (Lipinski definition) is 7. The van der Waals surface area contributed by atoms with Crippen LogP contribution in [0.3, 0.4) is 0 Å². The molecule has 3 aromatic carbocycles. The number of imide groups is 1. The van der Waals surface area contributed by atoms with E-state index in [0.717, 1.165) is 4.90 Å². The monoisotopic (exact) mass is 445 g/mol. The van der Waals surface area contributed by atoms with Gasteiger partial charge in [-0.1, -0.05) is 18.1 Å². The lowest BCUT2D eigenvalue weighted by Gasteiger charge is -2.29. The van der Waals surface area contributed by atoms with E-state index >= 15 is 0 Å². The minimum atomic E-state index is -0.629. The summed E-state index contributed by atoms with van der Waals surface area (Å²) in [7, 11) is 4.21. The average Bonchev–Trinajstić information content (AvgIpc) is 2.85. The molecule has 166 valence electrons. The number of anilines is 1. The SMILES string of the molecule is C#Cc1cc(OC)c(N2C(=O)c3cccc4c(C(=O)OCOC)ccc(c34)C2=O)c(OC)c1. The van der Waals surface area contributed by atoms with Gasteiger partial charge in [-0.25, -0.2) is 9.69 Å². The van der Waals surface area contributed by atoms with Crippen LogP contribution in [0.15, 0.2) is 42.5 Å². The van der Waals surface area contributed by atoms with Gasteiger partial charge in [0.05, 0.1) is 19.8 Å². The van der Waals surface area contributed by atoms with Crippen LogP contribution in [0.2, 0.25) is 0 Å². The molecule has 0 aromatic heterocycles. The minimum absolute atomic E-state index is 0.139. The van der Waals surface area contributed by atoms with Crippen molar-refractivity contribution < 1.29 is 33.3 Å². The number of carbonyl (C=O) groups excluding carboxylic acids is 3. The summed E-state index contributed by atoms with van der Waals surface area (Å²) in [6.07, 6.45) is 5.51. The molecule has 0 saturated heterocycles. The Morgan fingerprint density at radius 3 is 2.18 bits per heavy atom. The molecule has 0 spiro atoms. The first-order valence-corrected chi connectivity index (χ1v) is 9.80. The lowest BCUT2D eigenvalue weighted by atomic mass is 9.91. The van der Waals surface area contributed by atoms with Crippen LogP contribution in [-0.4, -0.2) is 45.9 Å². The molecule has 0 N–H and O–H groups in total. The van der Waals surface area contributed by atoms with Crippen LogP contribution in [0.4, 0.5) is 5.69 Å². The van der Waals surface area contributed by atoms with Crippen molar-refractivity contribution >= 4 is 34.2 Å². The summed E-state index contributed by atoms with van der Waals surface area (Å²) >= 11 is 0. The highest BCUT2D eigenvalue weighted by Crippen LogP contribution is 2.43. The van der Waals surface area contributed by atoms with Crippen molar-refractivity contribution in [3.05, 3.63) is 64.7 Å². The Hall–Kier alpha value is -4.35. The molecule has 0 fully saturated rings. The van der Waals surface area contributed by atoms with Gasteiger partial charge in [-0.3, -0.25) is 9.59 Å². The normalized spacial score (nSPS) is 12.5. The summed E-state index contributed by atoms with van der Waals surface area (Å²) in [6.45, 7) is -0.222. The molecule has 2 amide bonds. The first kappa shape index (κ1) is 21.9. The zero-order valence-corrected chi connectivity index (χ0v) is 18.1. The summed E-state index contributed by atoms with van der Waals surface area (Å²) in [5.74, 6) is 1.09. The van der Waals surface area contributed by atoms with Crippen LogP contribution in [0.5, 0.6) is 11.5 Å². The fourth-order valence-corrected chi connectivity index (χ4v) is 3.86. The number of carbonyl (C=O) groups is 3. The van der Waals surface area contributed by atoms with Crippen molar-refractivity contribution in [1.29, 1.82) is 0 Å². The zero-order chi connectivity index (χ0) is 23.7. The second-order valence-corrected chi connectivity index (χ2v) is 7.05. The van der Waals surface area contributed by atoms with Crippen molar-refractivity contribution in [2.75, 3.05) is 33.0 Å². The lowest BCUT2D eigenvalue weighted by Crippen LogP contribution is -2.41. The highest BCUT2D eigenvalue weighted by Gasteiger charge is 2.38. The predicted molar refractivity (Wildman–Crippen MR) is 120 cm³/mol. The minimum Gasteiger partial charge on any atom is -0.494 e. The number of rotatable bonds is 6. The van der Waals surface area contributed by atoms with Gasteiger partial charge in [0, 0.05) is 29.2 Å². The van der Waals surface area contributed by atoms with Crippen LogP contribution in [0.25, 0.3) is 10.8 Å². The Balaban J connectivity index is 1.93. The van der Waals surface area contributed by atoms with E-state index in [4.69, 9.17) is 25.4 Å². The topological polar surface area (TPSA) is 91.4 Å². The van der Waals surface area contributed by atoms with Gasteiger partial charge in [-0.05, 0) is 35.7 Å². The summed E-state index contributed by atoms with van der Waals surface area (Å²) in [5.41, 5.74) is 1.31. The molecule has 8 nitrogen and oxygen atoms in total. The van der Waals surface area contributed by atoms with Gasteiger partial charge in [0.2, 0.25) is 0 Å². The number of terminal acetylenes is 1. The second kappa shape index (κ2) is 8.65. The van der Waals surface area contributed by atoms with Gasteiger partial charge < -0.3 is 18.9 Å². The van der Waals surface area contributed by atoms with Crippen molar-refractivity contribution in [2.45, 2.75) is 0 Å². The van der Waals surface area contributed by atoms with E-state index in [1.807, 2.05) is 0 Å². The van der Waals surface area contributed by atoms with E-state index in [0.29, 0.717) is 16.3 Å². The Kier molecular flexibility index (Phi) is 5.73. The van der Waals surface area contributed by atoms with Crippen LogP contribution < -0.4 is 14.4 Å². The molecule has 8 heteroatoms. The fourth-order valence-electron chi connectivity index (χ4n) is 3.86. The molecular weight excluding hydrogens is 426 g/mol. The highest BCUT2D eigenvalue weighted by atomic mass is 16.7. The summed E-state index contributed by atoms with van der Waals surface area (Å²) in [4.78, 5) is 40.6. The van der Waals surface area contributed by atoms with Crippen LogP contribution >= 0.6 is 0 Å². The fraction of sp³-hybridized carbons (Fsp3) is 0.160. The van der Waals surface area contributed by atoms with Gasteiger partial charge in [-0.15, -0.1) is 6.42 Å². The number of benzene rings is 3. The molecule has 0 radical (unpaired) electrons. The van der Waals surface area contributed by atoms with Gasteiger partial charge >= 0.3 is 5.97 Å². The molecule has 3 aromatic rings. The van der Waals surface area contributed by atoms with E-state index in [2.05, 4.69) is 5.92 Å². The molecule has 1 aliphatic rings. The third-order valence-electron chi connectivity index (χ3n) is 5.31. The van der Waals surface area contributed by atoms with Crippen molar-refractivity contribution in [3.8, 4) is 23.8 Å².